The average molecular weight is 555 g/mol. The van der Waals surface area contributed by atoms with Gasteiger partial charge in [0, 0.05) is 6.42 Å². The summed E-state index contributed by atoms with van der Waals surface area (Å²) in [6, 6.07) is 0. The standard InChI is InChI=1S/C30H50O9/c1-15(4-9-24(33)34)19-7-8-20-18-6-5-16-12-17(38-28-27(37)26(36)25(35)22(14-31)39-28)10-11-29(16,2)21(18)13-23(32)30(19,20)3/h15-23,25-28,31-32,35-37H,4-14H2,1-3H3,(H,33,34)/t15-,16-,17-,18+,19-,20+,21+,22-,23+,25-,26+,27-,28?,29+,30-/m1/s1. The fourth-order valence-electron chi connectivity index (χ4n) is 10.2. The monoisotopic (exact) mass is 554 g/mol. The third kappa shape index (κ3) is 4.98. The van der Waals surface area contributed by atoms with Crippen molar-refractivity contribution in [3.8, 4) is 0 Å². The SMILES string of the molecule is C[C@H](CCC(=O)O)[C@H]1CC[C@H]2[C@@H]3CC[C@@H]4C[C@H](OC5O[C@H](CO)[C@@H](O)[C@H](O)[C@H]5O)CC[C@]4(C)[C@H]3C[C@H](O)[C@]12C. The number of carboxylic acid groups (broad SMARTS) is 1. The van der Waals surface area contributed by atoms with Crippen molar-refractivity contribution in [2.45, 2.75) is 128 Å². The van der Waals surface area contributed by atoms with Crippen LogP contribution in [0.3, 0.4) is 0 Å². The molecule has 5 rings (SSSR count). The zero-order chi connectivity index (χ0) is 28.3. The van der Waals surface area contributed by atoms with Crippen LogP contribution in [-0.2, 0) is 14.3 Å². The first-order valence-electron chi connectivity index (χ1n) is 15.3. The number of carboxylic acids is 1. The molecule has 0 aromatic heterocycles. The minimum Gasteiger partial charge on any atom is -0.481 e. The molecule has 9 nitrogen and oxygen atoms in total. The Morgan fingerprint density at radius 2 is 1.72 bits per heavy atom. The number of aliphatic hydroxyl groups is 5. The molecule has 1 aliphatic heterocycles. The lowest BCUT2D eigenvalue weighted by Crippen LogP contribution is -2.61. The fraction of sp³-hybridized carbons (Fsp3) is 0.967. The average Bonchev–Trinajstić information content (AvgIpc) is 3.27. The van der Waals surface area contributed by atoms with Crippen molar-refractivity contribution in [1.29, 1.82) is 0 Å². The Balaban J connectivity index is 1.26. The molecule has 0 aromatic carbocycles. The van der Waals surface area contributed by atoms with Gasteiger partial charge in [-0.05, 0) is 104 Å². The summed E-state index contributed by atoms with van der Waals surface area (Å²) >= 11 is 0. The van der Waals surface area contributed by atoms with Crippen molar-refractivity contribution in [2.75, 3.05) is 6.61 Å². The van der Waals surface area contributed by atoms with Crippen molar-refractivity contribution in [3.05, 3.63) is 0 Å². The van der Waals surface area contributed by atoms with E-state index in [1.807, 2.05) is 0 Å². The molecule has 6 N–H and O–H groups in total. The maximum absolute atomic E-state index is 11.7. The Hall–Kier alpha value is -0.810. The third-order valence-electron chi connectivity index (χ3n) is 12.5. The molecular formula is C30H50O9. The fourth-order valence-corrected chi connectivity index (χ4v) is 10.2. The molecule has 0 bridgehead atoms. The summed E-state index contributed by atoms with van der Waals surface area (Å²) in [6.07, 6.45) is 1.79. The molecule has 1 saturated heterocycles. The predicted octanol–water partition coefficient (Wildman–Crippen LogP) is 2.30. The van der Waals surface area contributed by atoms with Crippen LogP contribution >= 0.6 is 0 Å². The Morgan fingerprint density at radius 1 is 0.974 bits per heavy atom. The van der Waals surface area contributed by atoms with Crippen molar-refractivity contribution in [2.24, 2.45) is 46.3 Å². The van der Waals surface area contributed by atoms with Gasteiger partial charge in [-0.3, -0.25) is 4.79 Å². The smallest absolute Gasteiger partial charge is 0.303 e. The molecule has 5 fully saturated rings. The van der Waals surface area contributed by atoms with E-state index in [1.54, 1.807) is 0 Å². The molecule has 4 aliphatic carbocycles. The zero-order valence-corrected chi connectivity index (χ0v) is 23.7. The molecule has 224 valence electrons. The highest BCUT2D eigenvalue weighted by molar-refractivity contribution is 5.66. The Labute approximate surface area is 231 Å². The lowest BCUT2D eigenvalue weighted by molar-refractivity contribution is -0.316. The largest absolute Gasteiger partial charge is 0.481 e. The summed E-state index contributed by atoms with van der Waals surface area (Å²) in [5.74, 6) is 1.78. The summed E-state index contributed by atoms with van der Waals surface area (Å²) < 4.78 is 11.8. The van der Waals surface area contributed by atoms with E-state index in [4.69, 9.17) is 9.47 Å². The number of aliphatic carboxylic acids is 1. The van der Waals surface area contributed by atoms with E-state index in [0.717, 1.165) is 51.4 Å². The van der Waals surface area contributed by atoms with Crippen LogP contribution in [0.15, 0.2) is 0 Å². The topological polar surface area (TPSA) is 157 Å². The molecule has 1 unspecified atom stereocenters. The number of fused-ring (bicyclic) bond motifs is 5. The molecule has 4 saturated carbocycles. The maximum Gasteiger partial charge on any atom is 0.303 e. The highest BCUT2D eigenvalue weighted by Gasteiger charge is 2.64. The van der Waals surface area contributed by atoms with Gasteiger partial charge in [-0.2, -0.15) is 0 Å². The second-order valence-corrected chi connectivity index (χ2v) is 14.1. The van der Waals surface area contributed by atoms with Crippen LogP contribution in [0, 0.1) is 46.3 Å². The van der Waals surface area contributed by atoms with Crippen LogP contribution in [0.4, 0.5) is 0 Å². The molecule has 0 spiro atoms. The van der Waals surface area contributed by atoms with Crippen LogP contribution in [0.5, 0.6) is 0 Å². The van der Waals surface area contributed by atoms with Gasteiger partial charge in [0.15, 0.2) is 6.29 Å². The lowest BCUT2D eigenvalue weighted by atomic mass is 9.43. The molecule has 9 heteroatoms. The predicted molar refractivity (Wildman–Crippen MR) is 141 cm³/mol. The van der Waals surface area contributed by atoms with Gasteiger partial charge in [0.25, 0.3) is 0 Å². The normalized spacial score (nSPS) is 52.4. The van der Waals surface area contributed by atoms with Crippen LogP contribution < -0.4 is 0 Å². The van der Waals surface area contributed by atoms with Crippen LogP contribution in [0.1, 0.15) is 85.0 Å². The van der Waals surface area contributed by atoms with Crippen LogP contribution in [0.25, 0.3) is 0 Å². The summed E-state index contributed by atoms with van der Waals surface area (Å²) in [5, 5.41) is 61.1. The molecule has 0 aromatic rings. The first-order valence-corrected chi connectivity index (χ1v) is 15.3. The van der Waals surface area contributed by atoms with Gasteiger partial charge in [0.2, 0.25) is 0 Å². The van der Waals surface area contributed by atoms with Gasteiger partial charge in [-0.25, -0.2) is 0 Å². The zero-order valence-electron chi connectivity index (χ0n) is 23.7. The third-order valence-corrected chi connectivity index (χ3v) is 12.5. The first kappa shape index (κ1) is 29.7. The Morgan fingerprint density at radius 3 is 2.41 bits per heavy atom. The number of rotatable bonds is 7. The van der Waals surface area contributed by atoms with Gasteiger partial charge in [0.05, 0.1) is 18.8 Å². The highest BCUT2D eigenvalue weighted by Crippen LogP contribution is 2.68. The molecule has 5 aliphatic rings. The van der Waals surface area contributed by atoms with E-state index in [-0.39, 0.29) is 35.4 Å². The second-order valence-electron chi connectivity index (χ2n) is 14.1. The maximum atomic E-state index is 11.7. The van der Waals surface area contributed by atoms with Crippen molar-refractivity contribution < 1.29 is 44.9 Å². The summed E-state index contributed by atoms with van der Waals surface area (Å²) in [7, 11) is 0. The molecule has 0 amide bonds. The first-order chi connectivity index (χ1) is 18.4. The Bertz CT molecular complexity index is 882. The van der Waals surface area contributed by atoms with Gasteiger partial charge >= 0.3 is 5.97 Å². The lowest BCUT2D eigenvalue weighted by Gasteiger charge is -2.62. The molecule has 39 heavy (non-hydrogen) atoms. The van der Waals surface area contributed by atoms with Gasteiger partial charge in [-0.1, -0.05) is 20.8 Å². The van der Waals surface area contributed by atoms with E-state index in [0.29, 0.717) is 36.0 Å². The molecule has 1 heterocycles. The summed E-state index contributed by atoms with van der Waals surface area (Å²) in [6.45, 7) is 6.39. The van der Waals surface area contributed by atoms with E-state index >= 15 is 0 Å². The minimum absolute atomic E-state index is 0.0908. The molecule has 0 radical (unpaired) electrons. The van der Waals surface area contributed by atoms with Gasteiger partial charge in [0.1, 0.15) is 24.4 Å². The number of ether oxygens (including phenoxy) is 2. The van der Waals surface area contributed by atoms with Gasteiger partial charge in [-0.15, -0.1) is 0 Å². The molecule has 15 atom stereocenters. The quantitative estimate of drug-likeness (QED) is 0.260. The van der Waals surface area contributed by atoms with Crippen LogP contribution in [-0.4, -0.2) is 86.1 Å². The number of aliphatic hydroxyl groups excluding tert-OH is 5. The number of carbonyl (C=O) groups is 1. The number of hydrogen-bond acceptors (Lipinski definition) is 8. The van der Waals surface area contributed by atoms with E-state index < -0.39 is 43.3 Å². The summed E-state index contributed by atoms with van der Waals surface area (Å²) in [5.41, 5.74) is -0.0703. The van der Waals surface area contributed by atoms with Crippen molar-refractivity contribution >= 4 is 5.97 Å². The summed E-state index contributed by atoms with van der Waals surface area (Å²) in [4.78, 5) is 11.2. The number of hydrogen-bond donors (Lipinski definition) is 6. The van der Waals surface area contributed by atoms with E-state index in [9.17, 15) is 35.4 Å². The second kappa shape index (κ2) is 11.1. The minimum atomic E-state index is -1.44. The van der Waals surface area contributed by atoms with Crippen LogP contribution in [0.2, 0.25) is 0 Å². The Kier molecular flexibility index (Phi) is 8.46. The van der Waals surface area contributed by atoms with Crippen molar-refractivity contribution in [1.82, 2.24) is 0 Å². The highest BCUT2D eigenvalue weighted by atomic mass is 16.7. The van der Waals surface area contributed by atoms with Gasteiger partial charge < -0.3 is 40.1 Å². The van der Waals surface area contributed by atoms with Crippen molar-refractivity contribution in [3.63, 3.8) is 0 Å². The van der Waals surface area contributed by atoms with E-state index in [1.165, 1.54) is 0 Å². The molecular weight excluding hydrogens is 504 g/mol. The van der Waals surface area contributed by atoms with E-state index in [2.05, 4.69) is 20.8 Å².